The van der Waals surface area contributed by atoms with Crippen LogP contribution in [0, 0.1) is 0 Å². The molecule has 1 heterocycles. The fraction of sp³-hybridized carbons (Fsp3) is 0.300. The Kier molecular flexibility index (Phi) is 12.4. The molecule has 0 aromatic heterocycles. The molecule has 4 rings (SSSR count). The summed E-state index contributed by atoms with van der Waals surface area (Å²) in [6.45, 7) is 7.31. The zero-order chi connectivity index (χ0) is 32.9. The third-order valence-electron chi connectivity index (χ3n) is 6.65. The van der Waals surface area contributed by atoms with Gasteiger partial charge in [-0.05, 0) is 115 Å². The van der Waals surface area contributed by atoms with Crippen molar-refractivity contribution in [3.63, 3.8) is 0 Å². The molecule has 45 heavy (non-hydrogen) atoms. The molecule has 240 valence electrons. The zero-order valence-electron chi connectivity index (χ0n) is 24.4. The number of hydrogen-bond acceptors (Lipinski definition) is 8. The van der Waals surface area contributed by atoms with Gasteiger partial charge in [0.25, 0.3) is 0 Å². The molecule has 0 spiro atoms. The highest BCUT2D eigenvalue weighted by Gasteiger charge is 2.39. The van der Waals surface area contributed by atoms with Crippen molar-refractivity contribution >= 4 is 95.6 Å². The summed E-state index contributed by atoms with van der Waals surface area (Å²) in [5, 5.41) is 13.2. The lowest BCUT2D eigenvalue weighted by atomic mass is 9.91. The summed E-state index contributed by atoms with van der Waals surface area (Å²) in [6, 6.07) is 10.3. The third-order valence-corrected chi connectivity index (χ3v) is 12.4. The summed E-state index contributed by atoms with van der Waals surface area (Å²) < 4.78 is 30.6. The molecular formula is C30H29Br4NO9Si. The number of ether oxygens (including phenoxy) is 1. The lowest BCUT2D eigenvalue weighted by molar-refractivity contribution is 0.0692. The fourth-order valence-corrected chi connectivity index (χ4v) is 10.1. The fourth-order valence-electron chi connectivity index (χ4n) is 4.88. The molecule has 2 aromatic rings. The van der Waals surface area contributed by atoms with Gasteiger partial charge < -0.3 is 32.9 Å². The Morgan fingerprint density at radius 3 is 2.18 bits per heavy atom. The van der Waals surface area contributed by atoms with Crippen molar-refractivity contribution in [1.29, 1.82) is 0 Å². The van der Waals surface area contributed by atoms with E-state index in [4.69, 9.17) is 22.4 Å². The number of fused-ring (bicyclic) bond motifs is 2. The van der Waals surface area contributed by atoms with Gasteiger partial charge in [0.15, 0.2) is 17.1 Å². The van der Waals surface area contributed by atoms with E-state index in [2.05, 4.69) is 69.0 Å². The summed E-state index contributed by atoms with van der Waals surface area (Å²) in [5.74, 6) is -0.808. The van der Waals surface area contributed by atoms with Crippen LogP contribution in [0.4, 0.5) is 4.79 Å². The number of carboxylic acids is 1. The highest BCUT2D eigenvalue weighted by atomic mass is 79.9. The van der Waals surface area contributed by atoms with Crippen LogP contribution in [0.3, 0.4) is 0 Å². The summed E-state index contributed by atoms with van der Waals surface area (Å²) in [5.41, 5.74) is 1.34. The predicted molar refractivity (Wildman–Crippen MR) is 186 cm³/mol. The van der Waals surface area contributed by atoms with Crippen LogP contribution in [-0.4, -0.2) is 52.3 Å². The third kappa shape index (κ3) is 7.72. The van der Waals surface area contributed by atoms with Crippen LogP contribution >= 0.6 is 63.7 Å². The van der Waals surface area contributed by atoms with E-state index in [-0.39, 0.29) is 48.0 Å². The van der Waals surface area contributed by atoms with E-state index in [0.29, 0.717) is 58.8 Å². The standard InChI is InChI=1S/C30H29Br4NO9Si/c1-4-40-45(41-5-2,42-6-3)13-9-12-35-30(39)44-28-21(32)15-19-22(16-10-7-8-11-17(16)29(37)38)18-14-20(31)25(36)23(33)26(18)43-27(19)24(28)34/h7-8,10-11,14-15H,4-6,9,12-13H2,1-3H3,(H,35,39)(H,37,38). The number of nitrogens with one attached hydrogen (secondary N) is 1. The molecule has 0 saturated carbocycles. The summed E-state index contributed by atoms with van der Waals surface area (Å²) in [7, 11) is -2.85. The van der Waals surface area contributed by atoms with Crippen LogP contribution in [0.5, 0.6) is 5.75 Å². The number of rotatable bonds is 13. The molecule has 0 bridgehead atoms. The van der Waals surface area contributed by atoms with Gasteiger partial charge in [-0.25, -0.2) is 9.59 Å². The minimum absolute atomic E-state index is 0.0572. The van der Waals surface area contributed by atoms with Gasteiger partial charge in [0.1, 0.15) is 8.95 Å². The lowest BCUT2D eigenvalue weighted by Crippen LogP contribution is -2.46. The maximum Gasteiger partial charge on any atom is 0.500 e. The van der Waals surface area contributed by atoms with E-state index < -0.39 is 20.9 Å². The molecule has 0 atom stereocenters. The van der Waals surface area contributed by atoms with Gasteiger partial charge in [-0.3, -0.25) is 4.79 Å². The maximum absolute atomic E-state index is 12.9. The number of benzene rings is 3. The van der Waals surface area contributed by atoms with Gasteiger partial charge in [-0.1, -0.05) is 18.2 Å². The van der Waals surface area contributed by atoms with E-state index in [1.807, 2.05) is 20.8 Å². The molecule has 2 N–H and O–H groups in total. The molecule has 15 heteroatoms. The first-order valence-corrected chi connectivity index (χ1v) is 19.1. The smallest absolute Gasteiger partial charge is 0.478 e. The molecule has 2 aromatic carbocycles. The number of halogens is 4. The first-order valence-electron chi connectivity index (χ1n) is 13.9. The number of carbonyl (C=O) groups is 2. The molecule has 1 amide bonds. The van der Waals surface area contributed by atoms with E-state index in [1.54, 1.807) is 30.3 Å². The minimum Gasteiger partial charge on any atom is -0.478 e. The van der Waals surface area contributed by atoms with Crippen LogP contribution in [0.2, 0.25) is 6.04 Å². The average molecular weight is 895 g/mol. The summed E-state index contributed by atoms with van der Waals surface area (Å²) in [6.07, 6.45) is -0.174. The molecular weight excluding hydrogens is 866 g/mol. The Balaban J connectivity index is 1.73. The van der Waals surface area contributed by atoms with Gasteiger partial charge >= 0.3 is 20.9 Å². The number of aromatic carboxylic acids is 1. The molecule has 0 unspecified atom stereocenters. The van der Waals surface area contributed by atoms with Gasteiger partial charge in [-0.2, -0.15) is 0 Å². The number of carbonyl (C=O) groups excluding carboxylic acids is 1. The van der Waals surface area contributed by atoms with Crippen molar-refractivity contribution in [2.75, 3.05) is 26.4 Å². The van der Waals surface area contributed by atoms with Gasteiger partial charge in [0.05, 0.1) is 14.5 Å². The molecule has 0 fully saturated rings. The first-order chi connectivity index (χ1) is 21.5. The Morgan fingerprint density at radius 1 is 0.911 bits per heavy atom. The van der Waals surface area contributed by atoms with Crippen LogP contribution in [0.1, 0.15) is 37.6 Å². The molecule has 0 saturated heterocycles. The molecule has 1 aliphatic carbocycles. The van der Waals surface area contributed by atoms with Crippen molar-refractivity contribution in [3.8, 4) is 28.2 Å². The predicted octanol–water partition coefficient (Wildman–Crippen LogP) is 8.84. The van der Waals surface area contributed by atoms with E-state index in [0.717, 1.165) is 0 Å². The van der Waals surface area contributed by atoms with Crippen molar-refractivity contribution in [3.05, 3.63) is 70.1 Å². The monoisotopic (exact) mass is 891 g/mol. The highest BCUT2D eigenvalue weighted by Crippen LogP contribution is 2.49. The Hall–Kier alpha value is -2.11. The number of amides is 1. The SMILES string of the molecule is CCO[Si](CCCNC(=O)Oc1c(Br)cc2c(-c3ccccc3C(=O)O)c3cc(Br)c(=O)c(Br)c-3oc2c1Br)(OCC)OCC. The minimum atomic E-state index is -2.85. The Bertz CT molecular complexity index is 1750. The van der Waals surface area contributed by atoms with Crippen molar-refractivity contribution in [1.82, 2.24) is 5.32 Å². The van der Waals surface area contributed by atoms with Crippen LogP contribution < -0.4 is 15.5 Å². The van der Waals surface area contributed by atoms with Crippen molar-refractivity contribution in [2.45, 2.75) is 33.2 Å². The van der Waals surface area contributed by atoms with Gasteiger partial charge in [0.2, 0.25) is 5.43 Å². The second-order valence-electron chi connectivity index (χ2n) is 9.49. The van der Waals surface area contributed by atoms with Crippen molar-refractivity contribution < 1.29 is 37.1 Å². The second-order valence-corrected chi connectivity index (χ2v) is 15.5. The largest absolute Gasteiger partial charge is 0.500 e. The average Bonchev–Trinajstić information content (AvgIpc) is 3.00. The van der Waals surface area contributed by atoms with Crippen LogP contribution in [-0.2, 0) is 13.3 Å². The second kappa shape index (κ2) is 15.7. The van der Waals surface area contributed by atoms with Crippen molar-refractivity contribution in [2.24, 2.45) is 0 Å². The highest BCUT2D eigenvalue weighted by molar-refractivity contribution is 9.11. The quantitative estimate of drug-likeness (QED) is 0.0768. The lowest BCUT2D eigenvalue weighted by Gasteiger charge is -2.28. The number of hydrogen-bond donors (Lipinski definition) is 2. The molecule has 10 nitrogen and oxygen atoms in total. The van der Waals surface area contributed by atoms with Crippen LogP contribution in [0.15, 0.2) is 63.5 Å². The van der Waals surface area contributed by atoms with Gasteiger partial charge in [0, 0.05) is 48.9 Å². The summed E-state index contributed by atoms with van der Waals surface area (Å²) in [4.78, 5) is 38.0. The number of carboxylic acid groups (broad SMARTS) is 1. The maximum atomic E-state index is 12.9. The van der Waals surface area contributed by atoms with Crippen LogP contribution in [0.25, 0.3) is 33.4 Å². The molecule has 0 radical (unpaired) electrons. The molecule has 2 aliphatic rings. The first kappa shape index (κ1) is 35.7. The summed E-state index contributed by atoms with van der Waals surface area (Å²) >= 11 is 13.7. The van der Waals surface area contributed by atoms with E-state index in [9.17, 15) is 19.5 Å². The Labute approximate surface area is 294 Å². The normalized spacial score (nSPS) is 11.7. The van der Waals surface area contributed by atoms with E-state index >= 15 is 0 Å². The Morgan fingerprint density at radius 2 is 1.56 bits per heavy atom. The topological polar surface area (TPSA) is 134 Å². The zero-order valence-corrected chi connectivity index (χ0v) is 31.8. The van der Waals surface area contributed by atoms with Gasteiger partial charge in [-0.15, -0.1) is 0 Å². The van der Waals surface area contributed by atoms with E-state index in [1.165, 1.54) is 6.07 Å². The molecule has 1 aliphatic heterocycles.